The molecule has 9 aromatic rings. The topological polar surface area (TPSA) is 17.0 Å². The fraction of sp³-hybridized carbons (Fsp3) is 0.304. The van der Waals surface area contributed by atoms with Crippen molar-refractivity contribution in [1.29, 1.82) is 0 Å². The summed E-state index contributed by atoms with van der Waals surface area (Å²) in [4.78, 5) is 0. The molecule has 0 spiro atoms. The Balaban J connectivity index is 1.17. The van der Waals surface area contributed by atoms with Gasteiger partial charge in [0.2, 0.25) is 0 Å². The summed E-state index contributed by atoms with van der Waals surface area (Å²) in [5.41, 5.74) is 31.8. The van der Waals surface area contributed by atoms with E-state index < -0.39 is 0 Å². The van der Waals surface area contributed by atoms with Crippen LogP contribution in [0.3, 0.4) is 0 Å². The first-order chi connectivity index (χ1) is 34.1. The summed E-state index contributed by atoms with van der Waals surface area (Å²) in [5.74, 6) is 0. The number of nitrogens with one attached hydrogen (secondary N) is 1. The summed E-state index contributed by atoms with van der Waals surface area (Å²) in [7, 11) is 2.61. The number of rotatable bonds is 3. The van der Waals surface area contributed by atoms with Crippen LogP contribution in [0.15, 0.2) is 133 Å². The number of hydrogen-bond donors (Lipinski definition) is 1. The average Bonchev–Trinajstić information content (AvgIpc) is 3.96. The third-order valence-electron chi connectivity index (χ3n) is 19.0. The van der Waals surface area contributed by atoms with E-state index >= 15 is 0 Å². The molecule has 0 amide bonds. The highest BCUT2D eigenvalue weighted by atomic mass is 15.0. The van der Waals surface area contributed by atoms with Crippen molar-refractivity contribution in [1.82, 2.24) is 4.57 Å². The third-order valence-corrected chi connectivity index (χ3v) is 19.0. The lowest BCUT2D eigenvalue weighted by molar-refractivity contribution is 0.332. The molecule has 0 atom stereocenters. The van der Waals surface area contributed by atoms with Crippen molar-refractivity contribution < 1.29 is 0 Å². The van der Waals surface area contributed by atoms with Gasteiger partial charge in [0.15, 0.2) is 7.28 Å². The van der Waals surface area contributed by atoms with Crippen molar-refractivity contribution >= 4 is 51.4 Å². The maximum atomic E-state index is 4.15. The number of fused-ring (bicyclic) bond motifs is 16. The summed E-state index contributed by atoms with van der Waals surface area (Å²) in [6.07, 6.45) is 2.34. The van der Waals surface area contributed by atoms with E-state index in [2.05, 4.69) is 241 Å². The van der Waals surface area contributed by atoms with Crippen LogP contribution < -0.4 is 16.2 Å². The minimum absolute atomic E-state index is 0.0473. The zero-order valence-electron chi connectivity index (χ0n) is 44.6. The molecule has 72 heavy (non-hydrogen) atoms. The van der Waals surface area contributed by atoms with E-state index in [-0.39, 0.29) is 32.5 Å². The first-order valence-electron chi connectivity index (χ1n) is 26.7. The molecule has 1 radical (unpaired) electrons. The van der Waals surface area contributed by atoms with Gasteiger partial charge in [0.25, 0.3) is 0 Å². The Kier molecular flexibility index (Phi) is 8.54. The average molecular weight is 934 g/mol. The van der Waals surface area contributed by atoms with Gasteiger partial charge >= 0.3 is 0 Å². The van der Waals surface area contributed by atoms with Gasteiger partial charge < -0.3 is 9.88 Å². The zero-order chi connectivity index (χ0) is 50.0. The van der Waals surface area contributed by atoms with Crippen molar-refractivity contribution in [2.24, 2.45) is 0 Å². The van der Waals surface area contributed by atoms with Crippen LogP contribution in [0.5, 0.6) is 0 Å². The van der Waals surface area contributed by atoms with E-state index in [0.29, 0.717) is 0 Å². The quantitative estimate of drug-likeness (QED) is 0.175. The number of hydrogen-bond acceptors (Lipinski definition) is 1. The monoisotopic (exact) mass is 934 g/mol. The minimum Gasteiger partial charge on any atom is -0.355 e. The molecule has 1 aliphatic heterocycles. The van der Waals surface area contributed by atoms with Crippen LogP contribution in [0.1, 0.15) is 153 Å². The highest BCUT2D eigenvalue weighted by molar-refractivity contribution is 6.74. The van der Waals surface area contributed by atoms with E-state index in [9.17, 15) is 0 Å². The van der Waals surface area contributed by atoms with Crippen molar-refractivity contribution in [2.75, 3.05) is 5.32 Å². The third kappa shape index (κ3) is 5.64. The summed E-state index contributed by atoms with van der Waals surface area (Å²) in [5, 5.41) is 6.91. The number of nitrogens with zero attached hydrogens (tertiary/aromatic N) is 1. The molecular weight excluding hydrogens is 868 g/mol. The second-order valence-corrected chi connectivity index (χ2v) is 26.3. The molecule has 355 valence electrons. The van der Waals surface area contributed by atoms with Gasteiger partial charge in [0.05, 0.1) is 5.52 Å². The highest BCUT2D eigenvalue weighted by Gasteiger charge is 2.46. The van der Waals surface area contributed by atoms with Gasteiger partial charge in [-0.15, -0.1) is 0 Å². The molecule has 0 saturated carbocycles. The van der Waals surface area contributed by atoms with Gasteiger partial charge in [-0.2, -0.15) is 0 Å². The van der Waals surface area contributed by atoms with Crippen molar-refractivity contribution in [2.45, 2.75) is 135 Å². The summed E-state index contributed by atoms with van der Waals surface area (Å²) in [6, 6.07) is 52.4. The van der Waals surface area contributed by atoms with Gasteiger partial charge in [0, 0.05) is 55.2 Å². The number of benzene rings is 8. The molecule has 3 heteroatoms. The Bertz CT molecular complexity index is 3910. The fourth-order valence-corrected chi connectivity index (χ4v) is 14.8. The molecule has 8 aromatic carbocycles. The summed E-state index contributed by atoms with van der Waals surface area (Å²) < 4.78 is 2.74. The lowest BCUT2D eigenvalue weighted by Crippen LogP contribution is -2.39. The zero-order valence-corrected chi connectivity index (χ0v) is 44.6. The van der Waals surface area contributed by atoms with Gasteiger partial charge in [0.1, 0.15) is 0 Å². The number of anilines is 2. The second kappa shape index (κ2) is 13.9. The standard InChI is InChI=1S/C69H66BN2/c1-64(2,3)38-26-28-39(29-27-38)71-55-35-50-43(40-20-14-17-23-47(40)67(50,8)9)32-45(55)60-61-58(42-22-16-19-25-49(42)69(61,12)13)59-46-33-52-53(66(6,7)31-30-65(52,4)5)37-56(46)72-57-36-51-44(34-54(57)70-62(60)63(59)72)41-21-15-18-24-48(41)68(51,10)11/h14-29,32-37,71H,30-31H2,1-13H3. The molecule has 5 aliphatic rings. The molecular formula is C69H66BN2. The SMILES string of the molecule is CC(C)(C)c1ccc(Nc2cc3c(cc2-c2c4c(c5c6cc7c(cc6n6c5c2[B]c2cc5c(cc2-6)C(C)(C)c2ccccc2-5)C(C)(C)CCC7(C)C)-c2ccccc2C4(C)C)-c2ccccc2C3(C)C)cc1. The van der Waals surface area contributed by atoms with Crippen LogP contribution in [0, 0.1) is 0 Å². The van der Waals surface area contributed by atoms with E-state index in [4.69, 9.17) is 0 Å². The molecule has 1 aromatic heterocycles. The van der Waals surface area contributed by atoms with Crippen LogP contribution in [0.25, 0.3) is 72.0 Å². The van der Waals surface area contributed by atoms with E-state index in [1.165, 1.54) is 146 Å². The molecule has 0 unspecified atom stereocenters. The molecule has 2 heterocycles. The Morgan fingerprint density at radius 2 is 1.03 bits per heavy atom. The maximum Gasteiger partial charge on any atom is 0.197 e. The first kappa shape index (κ1) is 44.2. The number of aromatic nitrogens is 1. The normalized spacial score (nSPS) is 18.1. The molecule has 0 bridgehead atoms. The van der Waals surface area contributed by atoms with Crippen LogP contribution in [-0.2, 0) is 32.5 Å². The molecule has 4 aliphatic carbocycles. The lowest BCUT2D eigenvalue weighted by atomic mass is 9.56. The maximum absolute atomic E-state index is 4.15. The minimum atomic E-state index is -0.313. The van der Waals surface area contributed by atoms with Crippen molar-refractivity contribution in [3.8, 4) is 50.2 Å². The van der Waals surface area contributed by atoms with Crippen LogP contribution in [0.4, 0.5) is 11.4 Å². The molecule has 14 rings (SSSR count). The van der Waals surface area contributed by atoms with E-state index in [1.807, 2.05) is 0 Å². The Hall–Kier alpha value is -6.58. The van der Waals surface area contributed by atoms with Gasteiger partial charge in [-0.3, -0.25) is 0 Å². The molecule has 1 N–H and O–H groups in total. The smallest absolute Gasteiger partial charge is 0.197 e. The fourth-order valence-electron chi connectivity index (χ4n) is 14.8. The predicted octanol–water partition coefficient (Wildman–Crippen LogP) is 16.7. The van der Waals surface area contributed by atoms with Crippen LogP contribution in [0.2, 0.25) is 0 Å². The Morgan fingerprint density at radius 1 is 0.486 bits per heavy atom. The largest absolute Gasteiger partial charge is 0.355 e. The van der Waals surface area contributed by atoms with Gasteiger partial charge in [-0.25, -0.2) is 0 Å². The van der Waals surface area contributed by atoms with E-state index in [0.717, 1.165) is 11.4 Å². The Labute approximate surface area is 428 Å². The molecule has 2 nitrogen and oxygen atoms in total. The predicted molar refractivity (Wildman–Crippen MR) is 308 cm³/mol. The molecule has 0 saturated heterocycles. The Morgan fingerprint density at radius 3 is 1.64 bits per heavy atom. The van der Waals surface area contributed by atoms with Crippen molar-refractivity contribution in [3.05, 3.63) is 184 Å². The van der Waals surface area contributed by atoms with Crippen LogP contribution in [-0.4, -0.2) is 11.8 Å². The second-order valence-electron chi connectivity index (χ2n) is 26.3. The lowest BCUT2D eigenvalue weighted by Gasteiger charge is -2.42. The van der Waals surface area contributed by atoms with Gasteiger partial charge in [-0.05, 0) is 166 Å². The molecule has 0 fully saturated rings. The first-order valence-corrected chi connectivity index (χ1v) is 26.7. The van der Waals surface area contributed by atoms with E-state index in [1.54, 1.807) is 0 Å². The highest BCUT2D eigenvalue weighted by Crippen LogP contribution is 2.60. The van der Waals surface area contributed by atoms with Crippen LogP contribution >= 0.6 is 0 Å². The summed E-state index contributed by atoms with van der Waals surface area (Å²) >= 11 is 0. The van der Waals surface area contributed by atoms with Crippen molar-refractivity contribution in [3.63, 3.8) is 0 Å². The summed E-state index contributed by atoms with van der Waals surface area (Å²) in [6.45, 7) is 31.5. The van der Waals surface area contributed by atoms with Gasteiger partial charge in [-0.1, -0.05) is 186 Å².